The van der Waals surface area contributed by atoms with E-state index in [0.29, 0.717) is 31.7 Å². The fourth-order valence-electron chi connectivity index (χ4n) is 3.67. The Morgan fingerprint density at radius 3 is 2.61 bits per heavy atom. The van der Waals surface area contributed by atoms with Crippen molar-refractivity contribution in [2.75, 3.05) is 45.6 Å². The Labute approximate surface area is 163 Å². The Balaban J connectivity index is 1.76. The Morgan fingerprint density at radius 1 is 1.25 bits per heavy atom. The van der Waals surface area contributed by atoms with Crippen LogP contribution in [0.25, 0.3) is 0 Å². The molecule has 0 saturated carbocycles. The number of morpholine rings is 1. The van der Waals surface area contributed by atoms with Crippen LogP contribution < -0.4 is 5.32 Å². The molecule has 2 fully saturated rings. The molecule has 2 atom stereocenters. The van der Waals surface area contributed by atoms with Gasteiger partial charge < -0.3 is 24.8 Å². The zero-order chi connectivity index (χ0) is 20.5. The largest absolute Gasteiger partial charge is 0.356 e. The zero-order valence-corrected chi connectivity index (χ0v) is 16.3. The first-order valence-corrected chi connectivity index (χ1v) is 9.15. The quantitative estimate of drug-likeness (QED) is 0.818. The number of ether oxygens (including phenoxy) is 1. The minimum atomic E-state index is -0.907. The van der Waals surface area contributed by atoms with E-state index in [-0.39, 0.29) is 18.5 Å². The summed E-state index contributed by atoms with van der Waals surface area (Å²) >= 11 is 0. The number of nitrogens with zero attached hydrogens (tertiary/aromatic N) is 3. The third kappa shape index (κ3) is 4.24. The van der Waals surface area contributed by atoms with E-state index in [9.17, 15) is 18.8 Å². The van der Waals surface area contributed by atoms with Gasteiger partial charge in [-0.15, -0.1) is 0 Å². The van der Waals surface area contributed by atoms with Gasteiger partial charge in [0.25, 0.3) is 5.91 Å². The first-order valence-electron chi connectivity index (χ1n) is 9.15. The second-order valence-electron chi connectivity index (χ2n) is 7.54. The van der Waals surface area contributed by atoms with Crippen LogP contribution in [0.15, 0.2) is 24.3 Å². The molecule has 2 aliphatic heterocycles. The second kappa shape index (κ2) is 7.75. The Hall–Kier alpha value is -2.68. The number of amides is 4. The van der Waals surface area contributed by atoms with Gasteiger partial charge in [0.15, 0.2) is 6.10 Å². The maximum Gasteiger partial charge on any atom is 0.319 e. The molecule has 0 bridgehead atoms. The molecule has 1 aromatic rings. The molecular weight excluding hydrogens is 367 g/mol. The topological polar surface area (TPSA) is 82.2 Å². The molecule has 28 heavy (non-hydrogen) atoms. The Bertz CT molecular complexity index is 787. The minimum absolute atomic E-state index is 0.111. The monoisotopic (exact) mass is 392 g/mol. The van der Waals surface area contributed by atoms with E-state index >= 15 is 0 Å². The Kier molecular flexibility index (Phi) is 5.55. The van der Waals surface area contributed by atoms with Gasteiger partial charge in [-0.05, 0) is 24.6 Å². The lowest BCUT2D eigenvalue weighted by molar-refractivity contribution is -0.171. The van der Waals surface area contributed by atoms with Crippen molar-refractivity contribution in [2.45, 2.75) is 25.0 Å². The predicted molar refractivity (Wildman–Crippen MR) is 100 cm³/mol. The van der Waals surface area contributed by atoms with E-state index in [0.717, 1.165) is 0 Å². The molecule has 9 heteroatoms. The van der Waals surface area contributed by atoms with Crippen LogP contribution in [0.4, 0.5) is 14.9 Å². The van der Waals surface area contributed by atoms with Crippen LogP contribution in [-0.2, 0) is 14.3 Å². The number of benzene rings is 1. The number of nitrogens with one attached hydrogen (secondary N) is 1. The average molecular weight is 392 g/mol. The standard InChI is InChI=1S/C19H25FN4O4/c1-13(25)24-10-16(17(26)21-15-6-4-5-14(20)9-15)28-19(12-24)7-8-23(11-19)18(27)22(2)3/h4-6,9,16H,7-8,10-12H2,1-3H3,(H,21,26)/t16-,19-/m0/s1. The average Bonchev–Trinajstić information content (AvgIpc) is 3.03. The van der Waals surface area contributed by atoms with E-state index < -0.39 is 23.4 Å². The highest BCUT2D eigenvalue weighted by molar-refractivity contribution is 5.94. The summed E-state index contributed by atoms with van der Waals surface area (Å²) in [4.78, 5) is 41.8. The number of carbonyl (C=O) groups is 3. The van der Waals surface area contributed by atoms with Gasteiger partial charge in [-0.3, -0.25) is 9.59 Å². The van der Waals surface area contributed by atoms with Crippen LogP contribution in [0.2, 0.25) is 0 Å². The maximum atomic E-state index is 13.4. The van der Waals surface area contributed by atoms with Crippen molar-refractivity contribution in [3.05, 3.63) is 30.1 Å². The van der Waals surface area contributed by atoms with Crippen molar-refractivity contribution >= 4 is 23.5 Å². The molecule has 2 saturated heterocycles. The molecular formula is C19H25FN4O4. The lowest BCUT2D eigenvalue weighted by atomic mass is 9.98. The van der Waals surface area contributed by atoms with E-state index in [2.05, 4.69) is 5.32 Å². The number of urea groups is 1. The molecule has 0 aromatic heterocycles. The van der Waals surface area contributed by atoms with Crippen LogP contribution in [0.5, 0.6) is 0 Å². The first kappa shape index (κ1) is 20.1. The molecule has 0 aliphatic carbocycles. The van der Waals surface area contributed by atoms with Crippen molar-refractivity contribution < 1.29 is 23.5 Å². The molecule has 2 aliphatic rings. The summed E-state index contributed by atoms with van der Waals surface area (Å²) < 4.78 is 19.5. The molecule has 8 nitrogen and oxygen atoms in total. The molecule has 2 heterocycles. The van der Waals surface area contributed by atoms with Crippen LogP contribution in [-0.4, -0.2) is 84.5 Å². The number of likely N-dealkylation sites (tertiary alicyclic amines) is 1. The van der Waals surface area contributed by atoms with Gasteiger partial charge in [-0.1, -0.05) is 6.07 Å². The fourth-order valence-corrected chi connectivity index (χ4v) is 3.67. The summed E-state index contributed by atoms with van der Waals surface area (Å²) in [6, 6.07) is 5.44. The molecule has 0 unspecified atom stereocenters. The highest BCUT2D eigenvalue weighted by Crippen LogP contribution is 2.32. The van der Waals surface area contributed by atoms with Crippen molar-refractivity contribution in [1.29, 1.82) is 0 Å². The van der Waals surface area contributed by atoms with Gasteiger partial charge in [0.1, 0.15) is 11.4 Å². The molecule has 152 valence electrons. The number of hydrogen-bond acceptors (Lipinski definition) is 4. The molecule has 1 aromatic carbocycles. The van der Waals surface area contributed by atoms with E-state index in [4.69, 9.17) is 4.74 Å². The molecule has 3 rings (SSSR count). The smallest absolute Gasteiger partial charge is 0.319 e. The van der Waals surface area contributed by atoms with Crippen LogP contribution in [0.3, 0.4) is 0 Å². The summed E-state index contributed by atoms with van der Waals surface area (Å²) in [7, 11) is 3.35. The maximum absolute atomic E-state index is 13.4. The van der Waals surface area contributed by atoms with Gasteiger partial charge in [-0.2, -0.15) is 0 Å². The summed E-state index contributed by atoms with van der Waals surface area (Å²) in [6.45, 7) is 2.67. The van der Waals surface area contributed by atoms with Crippen molar-refractivity contribution in [2.24, 2.45) is 0 Å². The number of hydrogen-bond donors (Lipinski definition) is 1. The number of anilines is 1. The van der Waals surface area contributed by atoms with Crippen LogP contribution >= 0.6 is 0 Å². The third-order valence-electron chi connectivity index (χ3n) is 5.06. The van der Waals surface area contributed by atoms with Gasteiger partial charge >= 0.3 is 6.03 Å². The SMILES string of the molecule is CC(=O)N1C[C@@H](C(=O)Nc2cccc(F)c2)O[C@]2(CCN(C(=O)N(C)C)C2)C1. The van der Waals surface area contributed by atoms with E-state index in [1.54, 1.807) is 30.0 Å². The minimum Gasteiger partial charge on any atom is -0.356 e. The summed E-state index contributed by atoms with van der Waals surface area (Å²) in [5.74, 6) is -1.07. The second-order valence-corrected chi connectivity index (χ2v) is 7.54. The number of carbonyl (C=O) groups excluding carboxylic acids is 3. The van der Waals surface area contributed by atoms with E-state index in [1.165, 1.54) is 30.0 Å². The molecule has 0 radical (unpaired) electrons. The summed E-state index contributed by atoms with van der Waals surface area (Å²) in [6.07, 6.45) is -0.379. The number of halogens is 1. The summed E-state index contributed by atoms with van der Waals surface area (Å²) in [5.41, 5.74) is -0.474. The van der Waals surface area contributed by atoms with Crippen LogP contribution in [0, 0.1) is 5.82 Å². The third-order valence-corrected chi connectivity index (χ3v) is 5.06. The normalized spacial score (nSPS) is 24.4. The molecule has 1 N–H and O–H groups in total. The van der Waals surface area contributed by atoms with Gasteiger partial charge in [0.2, 0.25) is 5.91 Å². The Morgan fingerprint density at radius 2 is 1.96 bits per heavy atom. The first-order chi connectivity index (χ1) is 13.2. The van der Waals surface area contributed by atoms with Crippen molar-refractivity contribution in [3.8, 4) is 0 Å². The fraction of sp³-hybridized carbons (Fsp3) is 0.526. The molecule has 1 spiro atoms. The number of rotatable bonds is 2. The van der Waals surface area contributed by atoms with Gasteiger partial charge in [0, 0.05) is 33.3 Å². The highest BCUT2D eigenvalue weighted by Gasteiger charge is 2.49. The van der Waals surface area contributed by atoms with Crippen LogP contribution in [0.1, 0.15) is 13.3 Å². The van der Waals surface area contributed by atoms with Gasteiger partial charge in [-0.25, -0.2) is 9.18 Å². The van der Waals surface area contributed by atoms with Gasteiger partial charge in [0.05, 0.1) is 19.6 Å². The van der Waals surface area contributed by atoms with E-state index in [1.807, 2.05) is 0 Å². The summed E-state index contributed by atoms with van der Waals surface area (Å²) in [5, 5.41) is 2.64. The lowest BCUT2D eigenvalue weighted by Crippen LogP contribution is -2.60. The zero-order valence-electron chi connectivity index (χ0n) is 16.3. The highest BCUT2D eigenvalue weighted by atomic mass is 19.1. The lowest BCUT2D eigenvalue weighted by Gasteiger charge is -2.43. The molecule has 4 amide bonds. The van der Waals surface area contributed by atoms with Crippen molar-refractivity contribution in [1.82, 2.24) is 14.7 Å². The van der Waals surface area contributed by atoms with Crippen molar-refractivity contribution in [3.63, 3.8) is 0 Å². The predicted octanol–water partition coefficient (Wildman–Crippen LogP) is 1.14.